The van der Waals surface area contributed by atoms with E-state index in [1.807, 2.05) is 6.07 Å². The predicted molar refractivity (Wildman–Crippen MR) is 86.5 cm³/mol. The minimum atomic E-state index is -0.292. The zero-order valence-electron chi connectivity index (χ0n) is 13.6. The van der Waals surface area contributed by atoms with Crippen LogP contribution in [0.5, 0.6) is 0 Å². The van der Waals surface area contributed by atoms with Gasteiger partial charge in [0.2, 0.25) is 0 Å². The Hall–Kier alpha value is -0.900. The first-order chi connectivity index (χ1) is 10.8. The summed E-state index contributed by atoms with van der Waals surface area (Å²) in [7, 11) is 0. The van der Waals surface area contributed by atoms with E-state index in [1.54, 1.807) is 0 Å². The molecule has 3 nitrogen and oxygen atoms in total. The number of rotatable bonds is 7. The first-order valence-electron chi connectivity index (χ1n) is 8.73. The number of hydrogen-bond acceptors (Lipinski definition) is 3. The van der Waals surface area contributed by atoms with Gasteiger partial charge >= 0.3 is 0 Å². The second kappa shape index (κ2) is 7.58. The highest BCUT2D eigenvalue weighted by Crippen LogP contribution is 2.43. The lowest BCUT2D eigenvalue weighted by Gasteiger charge is -2.23. The van der Waals surface area contributed by atoms with Crippen molar-refractivity contribution in [3.63, 3.8) is 0 Å². The van der Waals surface area contributed by atoms with Gasteiger partial charge in [-0.25, -0.2) is 0 Å². The fourth-order valence-corrected chi connectivity index (χ4v) is 3.56. The maximum atomic E-state index is 6.23. The van der Waals surface area contributed by atoms with Gasteiger partial charge in [0.25, 0.3) is 0 Å². The fourth-order valence-electron chi connectivity index (χ4n) is 3.56. The summed E-state index contributed by atoms with van der Waals surface area (Å²) in [6.07, 6.45) is 7.06. The molecule has 22 heavy (non-hydrogen) atoms. The third kappa shape index (κ3) is 4.09. The summed E-state index contributed by atoms with van der Waals surface area (Å²) in [4.78, 5) is 0. The van der Waals surface area contributed by atoms with Gasteiger partial charge in [0.15, 0.2) is 5.79 Å². The first-order valence-corrected chi connectivity index (χ1v) is 8.73. The Balaban J connectivity index is 1.39. The summed E-state index contributed by atoms with van der Waals surface area (Å²) in [6.45, 7) is 4.51. The van der Waals surface area contributed by atoms with Gasteiger partial charge in [0, 0.05) is 12.8 Å². The quantitative estimate of drug-likeness (QED) is 0.751. The van der Waals surface area contributed by atoms with Crippen LogP contribution in [0.15, 0.2) is 30.3 Å². The normalized spacial score (nSPS) is 31.1. The summed E-state index contributed by atoms with van der Waals surface area (Å²) in [6, 6.07) is 10.4. The lowest BCUT2D eigenvalue weighted by atomic mass is 10.1. The Bertz CT molecular complexity index is 447. The lowest BCUT2D eigenvalue weighted by molar-refractivity contribution is -0.165. The Morgan fingerprint density at radius 1 is 1.27 bits per heavy atom. The molecule has 2 aliphatic rings. The molecule has 1 saturated carbocycles. The highest BCUT2D eigenvalue weighted by Gasteiger charge is 2.46. The van der Waals surface area contributed by atoms with Crippen LogP contribution >= 0.6 is 0 Å². The summed E-state index contributed by atoms with van der Waals surface area (Å²) in [5.41, 5.74) is 1.24. The van der Waals surface area contributed by atoms with E-state index in [9.17, 15) is 0 Å². The second-order valence-corrected chi connectivity index (χ2v) is 6.71. The van der Waals surface area contributed by atoms with Crippen molar-refractivity contribution >= 4 is 0 Å². The molecule has 1 aliphatic heterocycles. The largest absolute Gasteiger partial charge is 0.376 e. The van der Waals surface area contributed by atoms with Crippen LogP contribution < -0.4 is 0 Å². The van der Waals surface area contributed by atoms with E-state index in [-0.39, 0.29) is 5.79 Å². The molecule has 3 heteroatoms. The SMILES string of the molecule is CCCCC1COC2(CCC(COCc3ccccc3)C2)O1. The molecular weight excluding hydrogens is 276 g/mol. The number of ether oxygens (including phenoxy) is 3. The van der Waals surface area contributed by atoms with Crippen molar-refractivity contribution in [3.05, 3.63) is 35.9 Å². The van der Waals surface area contributed by atoms with Crippen LogP contribution in [0.3, 0.4) is 0 Å². The van der Waals surface area contributed by atoms with Gasteiger partial charge < -0.3 is 14.2 Å². The van der Waals surface area contributed by atoms with Crippen molar-refractivity contribution in [1.29, 1.82) is 0 Å². The highest BCUT2D eigenvalue weighted by atomic mass is 16.7. The molecule has 0 amide bonds. The van der Waals surface area contributed by atoms with Gasteiger partial charge in [-0.05, 0) is 24.3 Å². The van der Waals surface area contributed by atoms with E-state index in [2.05, 4.69) is 31.2 Å². The van der Waals surface area contributed by atoms with Crippen LogP contribution in [0.1, 0.15) is 51.0 Å². The van der Waals surface area contributed by atoms with Crippen molar-refractivity contribution in [2.45, 2.75) is 63.9 Å². The van der Waals surface area contributed by atoms with Crippen LogP contribution in [-0.2, 0) is 20.8 Å². The van der Waals surface area contributed by atoms with E-state index in [0.29, 0.717) is 18.6 Å². The number of hydrogen-bond donors (Lipinski definition) is 0. The van der Waals surface area contributed by atoms with Crippen LogP contribution in [0.4, 0.5) is 0 Å². The Labute approximate surface area is 134 Å². The van der Waals surface area contributed by atoms with Crippen LogP contribution in [-0.4, -0.2) is 25.1 Å². The number of benzene rings is 1. The molecule has 2 fully saturated rings. The molecular formula is C19H28O3. The monoisotopic (exact) mass is 304 g/mol. The molecule has 0 N–H and O–H groups in total. The highest BCUT2D eigenvalue weighted by molar-refractivity contribution is 5.13. The lowest BCUT2D eigenvalue weighted by Crippen LogP contribution is -2.27. The van der Waals surface area contributed by atoms with Crippen molar-refractivity contribution in [2.75, 3.05) is 13.2 Å². The second-order valence-electron chi connectivity index (χ2n) is 6.71. The average Bonchev–Trinajstić information content (AvgIpc) is 3.14. The Kier molecular flexibility index (Phi) is 5.51. The topological polar surface area (TPSA) is 27.7 Å². The predicted octanol–water partition coefficient (Wildman–Crippen LogP) is 4.31. The third-order valence-corrected chi connectivity index (χ3v) is 4.79. The van der Waals surface area contributed by atoms with E-state index in [4.69, 9.17) is 14.2 Å². The van der Waals surface area contributed by atoms with Crippen LogP contribution in [0.2, 0.25) is 0 Å². The van der Waals surface area contributed by atoms with Crippen molar-refractivity contribution in [2.24, 2.45) is 5.92 Å². The molecule has 1 heterocycles. The molecule has 1 spiro atoms. The zero-order valence-corrected chi connectivity index (χ0v) is 13.6. The summed E-state index contributed by atoms with van der Waals surface area (Å²) in [5.74, 6) is 0.271. The Morgan fingerprint density at radius 3 is 2.95 bits per heavy atom. The first kappa shape index (κ1) is 16.0. The molecule has 1 saturated heterocycles. The smallest absolute Gasteiger partial charge is 0.169 e. The maximum Gasteiger partial charge on any atom is 0.169 e. The number of unbranched alkanes of at least 4 members (excludes halogenated alkanes) is 1. The molecule has 122 valence electrons. The molecule has 1 aromatic carbocycles. The van der Waals surface area contributed by atoms with Gasteiger partial charge in [0.1, 0.15) is 0 Å². The van der Waals surface area contributed by atoms with Crippen LogP contribution in [0.25, 0.3) is 0 Å². The Morgan fingerprint density at radius 2 is 2.14 bits per heavy atom. The summed E-state index contributed by atoms with van der Waals surface area (Å²) in [5, 5.41) is 0. The van der Waals surface area contributed by atoms with E-state index in [0.717, 1.165) is 38.9 Å². The van der Waals surface area contributed by atoms with Gasteiger partial charge in [-0.3, -0.25) is 0 Å². The molecule has 3 atom stereocenters. The van der Waals surface area contributed by atoms with Gasteiger partial charge in [0.05, 0.1) is 25.9 Å². The molecule has 0 bridgehead atoms. The molecule has 1 aromatic rings. The molecule has 3 unspecified atom stereocenters. The van der Waals surface area contributed by atoms with Crippen molar-refractivity contribution in [1.82, 2.24) is 0 Å². The summed E-state index contributed by atoms with van der Waals surface area (Å²) < 4.78 is 18.1. The summed E-state index contributed by atoms with van der Waals surface area (Å²) >= 11 is 0. The van der Waals surface area contributed by atoms with Crippen LogP contribution in [0, 0.1) is 5.92 Å². The minimum absolute atomic E-state index is 0.292. The van der Waals surface area contributed by atoms with Crippen molar-refractivity contribution < 1.29 is 14.2 Å². The average molecular weight is 304 g/mol. The molecule has 0 radical (unpaired) electrons. The zero-order chi connectivity index (χ0) is 15.3. The van der Waals surface area contributed by atoms with E-state index in [1.165, 1.54) is 18.4 Å². The van der Waals surface area contributed by atoms with Crippen molar-refractivity contribution in [3.8, 4) is 0 Å². The molecule has 0 aromatic heterocycles. The van der Waals surface area contributed by atoms with Gasteiger partial charge in [-0.2, -0.15) is 0 Å². The van der Waals surface area contributed by atoms with E-state index >= 15 is 0 Å². The van der Waals surface area contributed by atoms with Gasteiger partial charge in [-0.15, -0.1) is 0 Å². The van der Waals surface area contributed by atoms with Gasteiger partial charge in [-0.1, -0.05) is 50.1 Å². The third-order valence-electron chi connectivity index (χ3n) is 4.79. The molecule has 1 aliphatic carbocycles. The van der Waals surface area contributed by atoms with E-state index < -0.39 is 0 Å². The minimum Gasteiger partial charge on any atom is -0.376 e. The maximum absolute atomic E-state index is 6.23. The molecule has 3 rings (SSSR count). The fraction of sp³-hybridized carbons (Fsp3) is 0.684. The standard InChI is InChI=1S/C19H28O3/c1-2-3-9-18-15-21-19(22-18)11-10-17(12-19)14-20-13-16-7-5-4-6-8-16/h4-8,17-18H,2-3,9-15H2,1H3.